The van der Waals surface area contributed by atoms with E-state index in [9.17, 15) is 18.0 Å². The Kier molecular flexibility index (Phi) is 5.56. The van der Waals surface area contributed by atoms with Crippen LogP contribution in [0.4, 0.5) is 0 Å². The van der Waals surface area contributed by atoms with Crippen molar-refractivity contribution in [3.8, 4) is 6.07 Å². The lowest BCUT2D eigenvalue weighted by Crippen LogP contribution is -2.46. The summed E-state index contributed by atoms with van der Waals surface area (Å²) in [6.45, 7) is 4.01. The van der Waals surface area contributed by atoms with Gasteiger partial charge in [-0.1, -0.05) is 12.1 Å². The van der Waals surface area contributed by atoms with E-state index in [0.29, 0.717) is 5.56 Å². The van der Waals surface area contributed by atoms with Crippen molar-refractivity contribution < 1.29 is 22.7 Å². The summed E-state index contributed by atoms with van der Waals surface area (Å²) in [4.78, 5) is 29.5. The second kappa shape index (κ2) is 7.36. The number of hydrogen-bond acceptors (Lipinski definition) is 7. The number of amidine groups is 1. The normalized spacial score (nSPS) is 17.4. The molecule has 0 fully saturated rings. The van der Waals surface area contributed by atoms with Gasteiger partial charge in [0.05, 0.1) is 11.0 Å². The van der Waals surface area contributed by atoms with Crippen molar-refractivity contribution in [2.75, 3.05) is 13.7 Å². The molecular weight excluding hydrogens is 372 g/mol. The van der Waals surface area contributed by atoms with E-state index in [1.807, 2.05) is 6.07 Å². The number of nitriles is 1. The number of fused-ring (bicyclic) bond motifs is 1. The van der Waals surface area contributed by atoms with Crippen molar-refractivity contribution in [3.63, 3.8) is 0 Å². The number of nitrogens with one attached hydrogen (secondary N) is 1. The minimum Gasteiger partial charge on any atom is -0.454 e. The zero-order valence-electron chi connectivity index (χ0n) is 15.4. The largest absolute Gasteiger partial charge is 0.454 e. The molecule has 0 aliphatic carbocycles. The van der Waals surface area contributed by atoms with E-state index in [4.69, 9.17) is 10.00 Å². The number of amides is 1. The lowest BCUT2D eigenvalue weighted by atomic mass is 10.1. The Morgan fingerprint density at radius 3 is 2.63 bits per heavy atom. The van der Waals surface area contributed by atoms with Crippen LogP contribution >= 0.6 is 0 Å². The second-order valence-corrected chi connectivity index (χ2v) is 8.14. The Labute approximate surface area is 157 Å². The fourth-order valence-electron chi connectivity index (χ4n) is 2.21. The fourth-order valence-corrected chi connectivity index (χ4v) is 3.45. The van der Waals surface area contributed by atoms with Gasteiger partial charge in [0.15, 0.2) is 6.61 Å². The Balaban J connectivity index is 2.06. The molecule has 144 valence electrons. The summed E-state index contributed by atoms with van der Waals surface area (Å²) in [5, 5.41) is 9.04. The number of sulfonamides is 1. The molecule has 0 bridgehead atoms. The summed E-state index contributed by atoms with van der Waals surface area (Å²) in [6, 6.07) is 7.20. The van der Waals surface area contributed by atoms with Gasteiger partial charge < -0.3 is 9.64 Å². The van der Waals surface area contributed by atoms with Crippen LogP contribution in [0.5, 0.6) is 0 Å². The van der Waals surface area contributed by atoms with Crippen molar-refractivity contribution >= 4 is 27.7 Å². The van der Waals surface area contributed by atoms with Crippen molar-refractivity contribution in [2.24, 2.45) is 4.99 Å². The molecule has 1 heterocycles. The highest BCUT2D eigenvalue weighted by atomic mass is 32.2. The Morgan fingerprint density at radius 2 is 2.00 bits per heavy atom. The molecule has 0 saturated carbocycles. The summed E-state index contributed by atoms with van der Waals surface area (Å²) in [5.41, 5.74) is -0.676. The van der Waals surface area contributed by atoms with Gasteiger partial charge >= 0.3 is 5.97 Å². The molecule has 0 aromatic heterocycles. The quantitative estimate of drug-likeness (QED) is 0.723. The molecule has 0 radical (unpaired) electrons. The van der Waals surface area contributed by atoms with E-state index < -0.39 is 40.1 Å². The van der Waals surface area contributed by atoms with Gasteiger partial charge in [-0.25, -0.2) is 13.2 Å². The topological polar surface area (TPSA) is 129 Å². The minimum atomic E-state index is -3.71. The van der Waals surface area contributed by atoms with Gasteiger partial charge in [-0.3, -0.25) is 14.5 Å². The standard InChI is InChI=1S/C17H20N4O5S/c1-11(16(23)26-9-14(22)21(4)17(2,3)10-18)19-15-12-7-5-6-8-13(12)27(24,25)20-15/h5-8,11H,9H2,1-4H3,(H,19,20)/t11-/m0/s1. The number of nitrogens with zero attached hydrogens (tertiary/aromatic N) is 3. The molecule has 0 unspecified atom stereocenters. The number of carbonyl (C=O) groups is 2. The van der Waals surface area contributed by atoms with Gasteiger partial charge in [-0.05, 0) is 32.9 Å². The second-order valence-electron chi connectivity index (χ2n) is 6.49. The molecular formula is C17H20N4O5S. The van der Waals surface area contributed by atoms with Gasteiger partial charge in [-0.2, -0.15) is 5.26 Å². The van der Waals surface area contributed by atoms with E-state index in [-0.39, 0.29) is 10.7 Å². The monoisotopic (exact) mass is 392 g/mol. The summed E-state index contributed by atoms with van der Waals surface area (Å²) in [7, 11) is -2.27. The molecule has 27 heavy (non-hydrogen) atoms. The molecule has 1 aliphatic heterocycles. The SMILES string of the molecule is C[C@H](N=C1NS(=O)(=O)c2ccccc21)C(=O)OCC(=O)N(C)C(C)(C)C#N. The summed E-state index contributed by atoms with van der Waals surface area (Å²) in [6.07, 6.45) is 0. The van der Waals surface area contributed by atoms with Crippen molar-refractivity contribution in [3.05, 3.63) is 29.8 Å². The summed E-state index contributed by atoms with van der Waals surface area (Å²) in [5.74, 6) is -1.28. The van der Waals surface area contributed by atoms with Gasteiger partial charge in [0, 0.05) is 12.6 Å². The van der Waals surface area contributed by atoms with Crippen molar-refractivity contribution in [2.45, 2.75) is 37.2 Å². The maximum Gasteiger partial charge on any atom is 0.331 e. The third-order valence-electron chi connectivity index (χ3n) is 4.15. The van der Waals surface area contributed by atoms with Crippen LogP contribution in [0.2, 0.25) is 0 Å². The van der Waals surface area contributed by atoms with Crippen LogP contribution in [-0.2, 0) is 24.3 Å². The predicted molar refractivity (Wildman–Crippen MR) is 96.2 cm³/mol. The first-order valence-electron chi connectivity index (χ1n) is 8.04. The number of esters is 1. The van der Waals surface area contributed by atoms with E-state index in [0.717, 1.165) is 0 Å². The molecule has 1 atom stereocenters. The van der Waals surface area contributed by atoms with E-state index >= 15 is 0 Å². The highest BCUT2D eigenvalue weighted by Gasteiger charge is 2.32. The third-order valence-corrected chi connectivity index (χ3v) is 5.55. The van der Waals surface area contributed by atoms with Gasteiger partial charge in [-0.15, -0.1) is 0 Å². The number of likely N-dealkylation sites (N-methyl/N-ethyl adjacent to an activating group) is 1. The van der Waals surface area contributed by atoms with Crippen LogP contribution in [0.25, 0.3) is 0 Å². The van der Waals surface area contributed by atoms with Crippen LogP contribution in [-0.4, -0.2) is 56.3 Å². The molecule has 1 aromatic rings. The molecule has 10 heteroatoms. The Bertz CT molecular complexity index is 946. The summed E-state index contributed by atoms with van der Waals surface area (Å²) >= 11 is 0. The number of benzene rings is 1. The number of ether oxygens (including phenoxy) is 1. The van der Waals surface area contributed by atoms with Crippen LogP contribution in [0.3, 0.4) is 0 Å². The molecule has 1 amide bonds. The summed E-state index contributed by atoms with van der Waals surface area (Å²) < 4.78 is 31.3. The average Bonchev–Trinajstić information content (AvgIpc) is 2.89. The zero-order valence-corrected chi connectivity index (χ0v) is 16.2. The first kappa shape index (κ1) is 20.4. The lowest BCUT2D eigenvalue weighted by molar-refractivity contribution is -0.153. The number of carbonyl (C=O) groups excluding carboxylic acids is 2. The van der Waals surface area contributed by atoms with E-state index in [2.05, 4.69) is 9.71 Å². The molecule has 1 aromatic carbocycles. The first-order valence-corrected chi connectivity index (χ1v) is 9.52. The van der Waals surface area contributed by atoms with Crippen molar-refractivity contribution in [1.29, 1.82) is 5.26 Å². The molecule has 9 nitrogen and oxygen atoms in total. The third kappa shape index (κ3) is 4.25. The molecule has 2 rings (SSSR count). The predicted octanol–water partition coefficient (Wildman–Crippen LogP) is 0.417. The lowest BCUT2D eigenvalue weighted by Gasteiger charge is -2.28. The van der Waals surface area contributed by atoms with Crippen LogP contribution in [0, 0.1) is 11.3 Å². The van der Waals surface area contributed by atoms with E-state index in [1.54, 1.807) is 32.0 Å². The first-order chi connectivity index (χ1) is 12.5. The van der Waals surface area contributed by atoms with Gasteiger partial charge in [0.25, 0.3) is 15.9 Å². The molecule has 0 saturated heterocycles. The molecule has 0 spiro atoms. The highest BCUT2D eigenvalue weighted by Crippen LogP contribution is 2.22. The zero-order chi connectivity index (χ0) is 20.4. The number of aliphatic imine (C=N–C) groups is 1. The Morgan fingerprint density at radius 1 is 1.37 bits per heavy atom. The van der Waals surface area contributed by atoms with Gasteiger partial charge in [0.1, 0.15) is 17.4 Å². The van der Waals surface area contributed by atoms with E-state index in [1.165, 1.54) is 24.9 Å². The average molecular weight is 392 g/mol. The van der Waals surface area contributed by atoms with Crippen LogP contribution in [0.15, 0.2) is 34.2 Å². The fraction of sp³-hybridized carbons (Fsp3) is 0.412. The van der Waals surface area contributed by atoms with Gasteiger partial charge in [0.2, 0.25) is 0 Å². The maximum atomic E-state index is 12.1. The van der Waals surface area contributed by atoms with Crippen LogP contribution < -0.4 is 4.72 Å². The molecule has 1 N–H and O–H groups in total. The Hall–Kier alpha value is -2.93. The highest BCUT2D eigenvalue weighted by molar-refractivity contribution is 7.90. The molecule has 1 aliphatic rings. The smallest absolute Gasteiger partial charge is 0.331 e. The van der Waals surface area contributed by atoms with Crippen LogP contribution in [0.1, 0.15) is 26.3 Å². The minimum absolute atomic E-state index is 0.0455. The number of rotatable bonds is 5. The maximum absolute atomic E-state index is 12.1. The number of hydrogen-bond donors (Lipinski definition) is 1. The van der Waals surface area contributed by atoms with Crippen molar-refractivity contribution in [1.82, 2.24) is 9.62 Å².